The van der Waals surface area contributed by atoms with Gasteiger partial charge in [0.1, 0.15) is 6.07 Å². The molecule has 0 saturated heterocycles. The number of hydrogen-bond donors (Lipinski definition) is 0. The van der Waals surface area contributed by atoms with Crippen molar-refractivity contribution >= 4 is 175 Å². The number of fused-ring (bicyclic) bond motifs is 20. The number of para-hydroxylation sites is 2. The van der Waals surface area contributed by atoms with Gasteiger partial charge in [-0.1, -0.05) is 146 Å². The van der Waals surface area contributed by atoms with Crippen LogP contribution in [0.5, 0.6) is 0 Å². The molecular weight excluding hydrogens is 1000 g/mol. The fourth-order valence-electron chi connectivity index (χ4n) is 12.8. The molecule has 4 nitrogen and oxygen atoms in total. The lowest BCUT2D eigenvalue weighted by Crippen LogP contribution is -2.09. The number of thiophene rings is 4. The molecule has 0 aliphatic heterocycles. The van der Waals surface area contributed by atoms with Crippen molar-refractivity contribution in [3.8, 4) is 39.7 Å². The van der Waals surface area contributed by atoms with Gasteiger partial charge in [-0.2, -0.15) is 5.26 Å². The van der Waals surface area contributed by atoms with Crippen LogP contribution in [0.15, 0.2) is 206 Å². The highest BCUT2D eigenvalue weighted by molar-refractivity contribution is 7.27. The Balaban J connectivity index is 1.17. The summed E-state index contributed by atoms with van der Waals surface area (Å²) in [5.41, 5.74) is 9.67. The zero-order valence-corrected chi connectivity index (χ0v) is 43.3. The van der Waals surface area contributed by atoms with Crippen LogP contribution < -0.4 is 0 Å². The maximum absolute atomic E-state index is 12.5. The van der Waals surface area contributed by atoms with E-state index in [2.05, 4.69) is 221 Å². The monoisotopic (exact) mass is 1030 g/mol. The third-order valence-electron chi connectivity index (χ3n) is 15.8. The molecule has 0 saturated carbocycles. The van der Waals surface area contributed by atoms with Crippen LogP contribution in [-0.2, 0) is 0 Å². The van der Waals surface area contributed by atoms with Gasteiger partial charge < -0.3 is 9.13 Å². The Morgan fingerprint density at radius 3 is 1.24 bits per heavy atom. The van der Waals surface area contributed by atoms with Crippen LogP contribution in [0.3, 0.4) is 0 Å². The third-order valence-corrected chi connectivity index (χ3v) is 20.5. The van der Waals surface area contributed by atoms with Crippen LogP contribution >= 0.6 is 45.3 Å². The molecule has 0 amide bonds. The van der Waals surface area contributed by atoms with Crippen LogP contribution in [-0.4, -0.2) is 9.13 Å². The van der Waals surface area contributed by atoms with Crippen LogP contribution in [0, 0.1) is 17.9 Å². The van der Waals surface area contributed by atoms with E-state index in [0.29, 0.717) is 16.8 Å². The third kappa shape index (κ3) is 5.53. The van der Waals surface area contributed by atoms with E-state index < -0.39 is 0 Å². The van der Waals surface area contributed by atoms with Gasteiger partial charge in [0, 0.05) is 113 Å². The molecule has 0 spiro atoms. The predicted octanol–water partition coefficient (Wildman–Crippen LogP) is 21.1. The molecule has 350 valence electrons. The topological polar surface area (TPSA) is 38.0 Å². The molecule has 76 heavy (non-hydrogen) atoms. The van der Waals surface area contributed by atoms with E-state index in [1.165, 1.54) is 45.0 Å². The zero-order valence-electron chi connectivity index (χ0n) is 40.1. The first-order chi connectivity index (χ1) is 37.7. The summed E-state index contributed by atoms with van der Waals surface area (Å²) >= 11 is 7.19. The minimum Gasteiger partial charge on any atom is -0.318 e. The molecule has 17 aromatic rings. The standard InChI is InChI=1S/C68H34N4S4/c1-70-64-60(45-22-14-30-56-58(45)43-20-6-12-28-54(43)73-56)47(36-69)65(71-48-24-8-2-18-41(48)61-50(71)34-32-39-37-16-4-10-26-52(37)75-67(39)61)63(46-23-15-31-57-59(46)44-21-7-13-29-55(44)74-57)66(64)72-49-25-9-3-19-42(49)62-51(72)35-33-40-38-17-5-11-27-53(38)76-68(40)62/h2-35H. The second kappa shape index (κ2) is 15.7. The second-order valence-corrected chi connectivity index (χ2v) is 23.8. The molecule has 6 heterocycles. The van der Waals surface area contributed by atoms with Gasteiger partial charge in [-0.15, -0.1) is 45.3 Å². The maximum Gasteiger partial charge on any atom is 0.220 e. The predicted molar refractivity (Wildman–Crippen MR) is 329 cm³/mol. The summed E-state index contributed by atoms with van der Waals surface area (Å²) in [7, 11) is 0. The van der Waals surface area contributed by atoms with Gasteiger partial charge in [-0.05, 0) is 71.8 Å². The van der Waals surface area contributed by atoms with Crippen molar-refractivity contribution in [2.24, 2.45) is 0 Å². The van der Waals surface area contributed by atoms with Crippen LogP contribution in [0.2, 0.25) is 0 Å². The number of nitriles is 1. The van der Waals surface area contributed by atoms with Gasteiger partial charge >= 0.3 is 0 Å². The van der Waals surface area contributed by atoms with Gasteiger partial charge in [0.25, 0.3) is 0 Å². The number of aromatic nitrogens is 2. The number of hydrogen-bond acceptors (Lipinski definition) is 5. The van der Waals surface area contributed by atoms with E-state index in [1.54, 1.807) is 22.7 Å². The highest BCUT2D eigenvalue weighted by atomic mass is 32.1. The van der Waals surface area contributed by atoms with Crippen molar-refractivity contribution < 1.29 is 0 Å². The van der Waals surface area contributed by atoms with E-state index in [-0.39, 0.29) is 0 Å². The molecule has 8 heteroatoms. The van der Waals surface area contributed by atoms with Gasteiger partial charge in [0.2, 0.25) is 5.69 Å². The van der Waals surface area contributed by atoms with Gasteiger partial charge in [0.05, 0.1) is 45.6 Å². The Morgan fingerprint density at radius 1 is 0.342 bits per heavy atom. The summed E-state index contributed by atoms with van der Waals surface area (Å²) in [5, 5.41) is 26.3. The zero-order chi connectivity index (χ0) is 49.9. The Kier molecular flexibility index (Phi) is 8.73. The highest BCUT2D eigenvalue weighted by Gasteiger charge is 2.34. The smallest absolute Gasteiger partial charge is 0.220 e. The minimum atomic E-state index is 0.432. The largest absolute Gasteiger partial charge is 0.318 e. The highest BCUT2D eigenvalue weighted by Crippen LogP contribution is 2.57. The SMILES string of the molecule is [C-]#[N+]c1c(-c2cccc3sc4ccccc4c23)c(C#N)c(-n2c3ccccc3c3c4sc5ccccc5c4ccc32)c(-c2cccc3sc4ccccc4c23)c1-n1c2ccccc2c2c3sc4ccccc4c3ccc21. The molecule has 0 fully saturated rings. The van der Waals surface area contributed by atoms with Crippen molar-refractivity contribution in [3.63, 3.8) is 0 Å². The Bertz CT molecular complexity index is 5300. The first-order valence-electron chi connectivity index (χ1n) is 25.2. The van der Waals surface area contributed by atoms with Gasteiger partial charge in [-0.3, -0.25) is 0 Å². The van der Waals surface area contributed by atoms with Crippen LogP contribution in [0.1, 0.15) is 5.56 Å². The van der Waals surface area contributed by atoms with E-state index in [9.17, 15) is 11.8 Å². The summed E-state index contributed by atoms with van der Waals surface area (Å²) in [5.74, 6) is 0. The molecule has 0 aliphatic carbocycles. The fourth-order valence-corrected chi connectivity index (χ4v) is 17.6. The van der Waals surface area contributed by atoms with E-state index >= 15 is 0 Å². The molecule has 0 aliphatic rings. The second-order valence-electron chi connectivity index (χ2n) is 19.5. The Morgan fingerprint density at radius 2 is 0.750 bits per heavy atom. The fraction of sp³-hybridized carbons (Fsp3) is 0. The molecule has 11 aromatic carbocycles. The molecule has 17 rings (SSSR count). The first kappa shape index (κ1) is 42.3. The van der Waals surface area contributed by atoms with Crippen molar-refractivity contribution in [3.05, 3.63) is 223 Å². The van der Waals surface area contributed by atoms with Gasteiger partial charge in [-0.25, -0.2) is 4.85 Å². The van der Waals surface area contributed by atoms with Crippen molar-refractivity contribution in [1.29, 1.82) is 5.26 Å². The van der Waals surface area contributed by atoms with Crippen LogP contribution in [0.4, 0.5) is 5.69 Å². The number of benzene rings is 11. The molecule has 6 aromatic heterocycles. The lowest BCUT2D eigenvalue weighted by molar-refractivity contribution is 1.14. The molecule has 0 unspecified atom stereocenters. The minimum absolute atomic E-state index is 0.432. The Hall–Kier alpha value is -9.12. The van der Waals surface area contributed by atoms with Crippen LogP contribution in [0.25, 0.3) is 163 Å². The summed E-state index contributed by atoms with van der Waals surface area (Å²) in [6, 6.07) is 77.1. The number of nitrogens with zero attached hydrogens (tertiary/aromatic N) is 4. The molecular formula is C68H34N4S4. The molecule has 0 bridgehead atoms. The Labute approximate surface area is 449 Å². The molecule has 0 N–H and O–H groups in total. The average molecular weight is 1040 g/mol. The average Bonchev–Trinajstić information content (AvgIpc) is 4.36. The lowest BCUT2D eigenvalue weighted by Gasteiger charge is -2.26. The summed E-state index contributed by atoms with van der Waals surface area (Å²) in [4.78, 5) is 4.80. The van der Waals surface area contributed by atoms with Crippen molar-refractivity contribution in [2.75, 3.05) is 0 Å². The maximum atomic E-state index is 12.5. The van der Waals surface area contributed by atoms with Gasteiger partial charge in [0.15, 0.2) is 0 Å². The molecule has 0 atom stereocenters. The summed E-state index contributed by atoms with van der Waals surface area (Å²) in [6.07, 6.45) is 0. The van der Waals surface area contributed by atoms with Crippen molar-refractivity contribution in [2.45, 2.75) is 0 Å². The number of rotatable bonds is 4. The lowest BCUT2D eigenvalue weighted by atomic mass is 9.86. The quantitative estimate of drug-likeness (QED) is 0.162. The van der Waals surface area contributed by atoms with E-state index in [0.717, 1.165) is 107 Å². The normalized spacial score (nSPS) is 12.2. The van der Waals surface area contributed by atoms with E-state index in [4.69, 9.17) is 4.85 Å². The summed E-state index contributed by atoms with van der Waals surface area (Å²) < 4.78 is 14.3. The molecule has 0 radical (unpaired) electrons. The summed E-state index contributed by atoms with van der Waals surface area (Å²) in [6.45, 7) is 9.78. The van der Waals surface area contributed by atoms with Crippen molar-refractivity contribution in [1.82, 2.24) is 9.13 Å². The first-order valence-corrected chi connectivity index (χ1v) is 28.4. The van der Waals surface area contributed by atoms with E-state index in [1.807, 2.05) is 22.7 Å².